The normalized spacial score (nSPS) is 18.9. The Morgan fingerprint density at radius 2 is 1.61 bits per heavy atom. The molecule has 0 bridgehead atoms. The number of ether oxygens (including phenoxy) is 1. The van der Waals surface area contributed by atoms with Gasteiger partial charge in [0.05, 0.1) is 0 Å². The summed E-state index contributed by atoms with van der Waals surface area (Å²) in [6.07, 6.45) is 1.81. The number of hydrogen-bond donors (Lipinski definition) is 1. The van der Waals surface area contributed by atoms with Crippen molar-refractivity contribution in [2.75, 3.05) is 13.1 Å². The molecule has 106 valence electrons. The predicted octanol–water partition coefficient (Wildman–Crippen LogP) is 2.77. The zero-order valence-electron chi connectivity index (χ0n) is 12.7. The van der Waals surface area contributed by atoms with Gasteiger partial charge in [-0.15, -0.1) is 0 Å². The molecule has 0 aromatic carbocycles. The second-order valence-electron chi connectivity index (χ2n) is 7.14. The van der Waals surface area contributed by atoms with Gasteiger partial charge in [-0.1, -0.05) is 0 Å². The van der Waals surface area contributed by atoms with Crippen molar-refractivity contribution < 1.29 is 9.53 Å². The van der Waals surface area contributed by atoms with Crippen LogP contribution in [0.2, 0.25) is 0 Å². The van der Waals surface area contributed by atoms with Crippen LogP contribution in [0.1, 0.15) is 54.4 Å². The van der Waals surface area contributed by atoms with Crippen LogP contribution in [0.3, 0.4) is 0 Å². The van der Waals surface area contributed by atoms with Crippen molar-refractivity contribution in [3.8, 4) is 0 Å². The molecule has 1 N–H and O–H groups in total. The number of carbonyl (C=O) groups is 1. The number of hydrogen-bond acceptors (Lipinski definition) is 3. The molecule has 1 amide bonds. The standard InChI is InChI=1S/C14H28N2O2/c1-13(2,3)15-11-7-9-16(10-8-11)12(17)18-14(4,5)6/h11,15H,7-10H2,1-6H3. The molecule has 0 unspecified atom stereocenters. The van der Waals surface area contributed by atoms with Crippen LogP contribution in [-0.4, -0.2) is 41.3 Å². The van der Waals surface area contributed by atoms with Crippen LogP contribution in [-0.2, 0) is 4.74 Å². The number of nitrogens with zero attached hydrogens (tertiary/aromatic N) is 1. The van der Waals surface area contributed by atoms with E-state index in [2.05, 4.69) is 26.1 Å². The molecule has 4 heteroatoms. The number of nitrogens with one attached hydrogen (secondary N) is 1. The van der Waals surface area contributed by atoms with Gasteiger partial charge in [0.15, 0.2) is 0 Å². The molecule has 1 saturated heterocycles. The maximum absolute atomic E-state index is 11.9. The number of likely N-dealkylation sites (tertiary alicyclic amines) is 1. The van der Waals surface area contributed by atoms with E-state index in [4.69, 9.17) is 4.74 Å². The minimum Gasteiger partial charge on any atom is -0.444 e. The van der Waals surface area contributed by atoms with Gasteiger partial charge in [-0.2, -0.15) is 0 Å². The van der Waals surface area contributed by atoms with Crippen LogP contribution < -0.4 is 5.32 Å². The molecule has 18 heavy (non-hydrogen) atoms. The van der Waals surface area contributed by atoms with Gasteiger partial charge in [0, 0.05) is 24.7 Å². The van der Waals surface area contributed by atoms with Gasteiger partial charge >= 0.3 is 6.09 Å². The molecular formula is C14H28N2O2. The molecular weight excluding hydrogens is 228 g/mol. The highest BCUT2D eigenvalue weighted by molar-refractivity contribution is 5.68. The average molecular weight is 256 g/mol. The minimum atomic E-state index is -0.405. The molecule has 0 spiro atoms. The van der Waals surface area contributed by atoms with Gasteiger partial charge in [0.25, 0.3) is 0 Å². The van der Waals surface area contributed by atoms with Crippen LogP contribution >= 0.6 is 0 Å². The van der Waals surface area contributed by atoms with Gasteiger partial charge < -0.3 is 15.0 Å². The number of rotatable bonds is 1. The lowest BCUT2D eigenvalue weighted by Gasteiger charge is -2.36. The Hall–Kier alpha value is -0.770. The van der Waals surface area contributed by atoms with E-state index >= 15 is 0 Å². The van der Waals surface area contributed by atoms with E-state index in [0.717, 1.165) is 25.9 Å². The quantitative estimate of drug-likeness (QED) is 0.784. The largest absolute Gasteiger partial charge is 0.444 e. The molecule has 1 rings (SSSR count). The van der Waals surface area contributed by atoms with Crippen LogP contribution in [0.4, 0.5) is 4.79 Å². The summed E-state index contributed by atoms with van der Waals surface area (Å²) in [4.78, 5) is 13.7. The van der Waals surface area contributed by atoms with Gasteiger partial charge in [0.1, 0.15) is 5.60 Å². The van der Waals surface area contributed by atoms with E-state index in [0.29, 0.717) is 6.04 Å². The number of amides is 1. The first kappa shape index (κ1) is 15.3. The Morgan fingerprint density at radius 1 is 1.11 bits per heavy atom. The predicted molar refractivity (Wildman–Crippen MR) is 73.7 cm³/mol. The Labute approximate surface area is 111 Å². The fraction of sp³-hybridized carbons (Fsp3) is 0.929. The Bertz CT molecular complexity index is 281. The first-order chi connectivity index (χ1) is 8.07. The van der Waals surface area contributed by atoms with E-state index < -0.39 is 5.60 Å². The van der Waals surface area contributed by atoms with Gasteiger partial charge in [0.2, 0.25) is 0 Å². The Balaban J connectivity index is 2.37. The summed E-state index contributed by atoms with van der Waals surface area (Å²) in [6.45, 7) is 13.8. The average Bonchev–Trinajstić information content (AvgIpc) is 2.13. The molecule has 0 aliphatic carbocycles. The first-order valence-corrected chi connectivity index (χ1v) is 6.82. The second-order valence-corrected chi connectivity index (χ2v) is 7.14. The highest BCUT2D eigenvalue weighted by atomic mass is 16.6. The van der Waals surface area contributed by atoms with Crippen LogP contribution in [0.5, 0.6) is 0 Å². The summed E-state index contributed by atoms with van der Waals surface area (Å²) in [5.74, 6) is 0. The van der Waals surface area contributed by atoms with Gasteiger partial charge in [-0.3, -0.25) is 0 Å². The molecule has 0 saturated carbocycles. The third-order valence-electron chi connectivity index (χ3n) is 2.78. The van der Waals surface area contributed by atoms with E-state index in [-0.39, 0.29) is 11.6 Å². The van der Waals surface area contributed by atoms with Crippen molar-refractivity contribution >= 4 is 6.09 Å². The van der Waals surface area contributed by atoms with Crippen molar-refractivity contribution in [1.29, 1.82) is 0 Å². The maximum Gasteiger partial charge on any atom is 0.410 e. The van der Waals surface area contributed by atoms with E-state index in [1.54, 1.807) is 0 Å². The fourth-order valence-corrected chi connectivity index (χ4v) is 2.15. The molecule has 0 aromatic rings. The van der Waals surface area contributed by atoms with Crippen molar-refractivity contribution in [1.82, 2.24) is 10.2 Å². The van der Waals surface area contributed by atoms with Gasteiger partial charge in [-0.25, -0.2) is 4.79 Å². The third-order valence-corrected chi connectivity index (χ3v) is 2.78. The fourth-order valence-electron chi connectivity index (χ4n) is 2.15. The first-order valence-electron chi connectivity index (χ1n) is 6.82. The summed E-state index contributed by atoms with van der Waals surface area (Å²) >= 11 is 0. The van der Waals surface area contributed by atoms with Crippen molar-refractivity contribution in [2.45, 2.75) is 71.6 Å². The topological polar surface area (TPSA) is 41.6 Å². The Kier molecular flexibility index (Phi) is 4.65. The zero-order chi connectivity index (χ0) is 14.0. The molecule has 0 aromatic heterocycles. The summed E-state index contributed by atoms with van der Waals surface area (Å²) in [6, 6.07) is 0.503. The number of piperidine rings is 1. The lowest BCUT2D eigenvalue weighted by molar-refractivity contribution is 0.0193. The third kappa shape index (κ3) is 5.71. The van der Waals surface area contributed by atoms with E-state index in [1.807, 2.05) is 25.7 Å². The van der Waals surface area contributed by atoms with Crippen molar-refractivity contribution in [3.63, 3.8) is 0 Å². The lowest BCUT2D eigenvalue weighted by Crippen LogP contribution is -2.51. The Morgan fingerprint density at radius 3 is 2.00 bits per heavy atom. The molecule has 1 heterocycles. The molecule has 0 radical (unpaired) electrons. The summed E-state index contributed by atoms with van der Waals surface area (Å²) in [5.41, 5.74) is -0.268. The zero-order valence-corrected chi connectivity index (χ0v) is 12.7. The molecule has 1 aliphatic rings. The molecule has 4 nitrogen and oxygen atoms in total. The summed E-state index contributed by atoms with van der Waals surface area (Å²) in [7, 11) is 0. The van der Waals surface area contributed by atoms with Crippen molar-refractivity contribution in [3.05, 3.63) is 0 Å². The van der Waals surface area contributed by atoms with Crippen LogP contribution in [0.25, 0.3) is 0 Å². The maximum atomic E-state index is 11.9. The smallest absolute Gasteiger partial charge is 0.410 e. The molecule has 1 fully saturated rings. The monoisotopic (exact) mass is 256 g/mol. The molecule has 0 atom stereocenters. The van der Waals surface area contributed by atoms with E-state index in [1.165, 1.54) is 0 Å². The highest BCUT2D eigenvalue weighted by Crippen LogP contribution is 2.17. The van der Waals surface area contributed by atoms with Crippen LogP contribution in [0.15, 0.2) is 0 Å². The van der Waals surface area contributed by atoms with E-state index in [9.17, 15) is 4.79 Å². The van der Waals surface area contributed by atoms with Crippen molar-refractivity contribution in [2.24, 2.45) is 0 Å². The lowest BCUT2D eigenvalue weighted by atomic mass is 10.0. The molecule has 1 aliphatic heterocycles. The number of carbonyl (C=O) groups excluding carboxylic acids is 1. The SMILES string of the molecule is CC(C)(C)NC1CCN(C(=O)OC(C)(C)C)CC1. The second kappa shape index (κ2) is 5.47. The summed E-state index contributed by atoms with van der Waals surface area (Å²) in [5, 5.41) is 3.59. The van der Waals surface area contributed by atoms with Crippen LogP contribution in [0, 0.1) is 0 Å². The highest BCUT2D eigenvalue weighted by Gasteiger charge is 2.28. The minimum absolute atomic E-state index is 0.138. The van der Waals surface area contributed by atoms with Gasteiger partial charge in [-0.05, 0) is 54.4 Å². The summed E-state index contributed by atoms with van der Waals surface area (Å²) < 4.78 is 5.38.